The third-order valence-corrected chi connectivity index (χ3v) is 7.86. The van der Waals surface area contributed by atoms with E-state index in [2.05, 4.69) is 79.9 Å². The number of hydrogen-bond donors (Lipinski definition) is 1. The second kappa shape index (κ2) is 9.12. The first-order chi connectivity index (χ1) is 10.2. The lowest BCUT2D eigenvalue weighted by Gasteiger charge is -2.36. The monoisotopic (exact) mass is 323 g/mol. The van der Waals surface area contributed by atoms with Crippen molar-refractivity contribution in [2.24, 2.45) is 0 Å². The average molecular weight is 324 g/mol. The number of rotatable bonds is 7. The Hall–Kier alpha value is -0.120. The van der Waals surface area contributed by atoms with Gasteiger partial charge in [0.1, 0.15) is 0 Å². The summed E-state index contributed by atoms with van der Waals surface area (Å²) in [4.78, 5) is 0. The van der Waals surface area contributed by atoms with Crippen LogP contribution in [-0.2, 0) is 6.42 Å². The molecule has 118 valence electrons. The van der Waals surface area contributed by atoms with Crippen LogP contribution in [0.4, 0.5) is 0 Å². The highest BCUT2D eigenvalue weighted by molar-refractivity contribution is 8.07. The van der Waals surface area contributed by atoms with Gasteiger partial charge in [-0.2, -0.15) is 23.5 Å². The third kappa shape index (κ3) is 5.54. The van der Waals surface area contributed by atoms with Crippen molar-refractivity contribution in [1.82, 2.24) is 5.32 Å². The van der Waals surface area contributed by atoms with Crippen molar-refractivity contribution in [3.05, 3.63) is 35.9 Å². The van der Waals surface area contributed by atoms with Gasteiger partial charge in [0.25, 0.3) is 0 Å². The fourth-order valence-corrected chi connectivity index (χ4v) is 6.04. The topological polar surface area (TPSA) is 12.0 Å². The zero-order chi connectivity index (χ0) is 15.1. The van der Waals surface area contributed by atoms with Gasteiger partial charge in [0.05, 0.1) is 0 Å². The minimum Gasteiger partial charge on any atom is -0.313 e. The molecule has 1 aliphatic heterocycles. The van der Waals surface area contributed by atoms with Gasteiger partial charge in [-0.1, -0.05) is 51.1 Å². The van der Waals surface area contributed by atoms with Crippen LogP contribution in [0.1, 0.15) is 39.2 Å². The Morgan fingerprint density at radius 2 is 1.95 bits per heavy atom. The van der Waals surface area contributed by atoms with E-state index in [0.29, 0.717) is 6.04 Å². The quantitative estimate of drug-likeness (QED) is 0.787. The predicted molar refractivity (Wildman–Crippen MR) is 99.6 cm³/mol. The van der Waals surface area contributed by atoms with Crippen LogP contribution in [0, 0.1) is 0 Å². The molecule has 0 aliphatic carbocycles. The molecule has 0 bridgehead atoms. The Balaban J connectivity index is 1.81. The first-order valence-electron chi connectivity index (χ1n) is 8.25. The smallest absolute Gasteiger partial charge is 0.0294 e. The van der Waals surface area contributed by atoms with Crippen LogP contribution in [0.2, 0.25) is 0 Å². The summed E-state index contributed by atoms with van der Waals surface area (Å²) in [5.74, 6) is 1.30. The lowest BCUT2D eigenvalue weighted by atomic mass is 10.0. The number of thioether (sulfide) groups is 2. The van der Waals surface area contributed by atoms with Gasteiger partial charge >= 0.3 is 0 Å². The molecule has 0 saturated carbocycles. The van der Waals surface area contributed by atoms with Crippen molar-refractivity contribution in [1.29, 1.82) is 0 Å². The summed E-state index contributed by atoms with van der Waals surface area (Å²) >= 11 is 4.36. The summed E-state index contributed by atoms with van der Waals surface area (Å²) in [5, 5.41) is 6.10. The van der Waals surface area contributed by atoms with Crippen LogP contribution in [0.5, 0.6) is 0 Å². The Kier molecular flexibility index (Phi) is 7.48. The van der Waals surface area contributed by atoms with Gasteiger partial charge in [-0.05, 0) is 31.4 Å². The van der Waals surface area contributed by atoms with E-state index in [1.807, 2.05) is 0 Å². The van der Waals surface area contributed by atoms with Crippen molar-refractivity contribution in [2.75, 3.05) is 12.3 Å². The molecular weight excluding hydrogens is 294 g/mol. The fourth-order valence-electron chi connectivity index (χ4n) is 2.87. The summed E-state index contributed by atoms with van der Waals surface area (Å²) < 4.78 is 0. The van der Waals surface area contributed by atoms with Gasteiger partial charge in [0.15, 0.2) is 0 Å². The van der Waals surface area contributed by atoms with Crippen molar-refractivity contribution in [2.45, 2.75) is 61.8 Å². The summed E-state index contributed by atoms with van der Waals surface area (Å²) in [6.07, 6.45) is 3.79. The summed E-state index contributed by atoms with van der Waals surface area (Å²) in [5.41, 5.74) is 1.47. The first kappa shape index (κ1) is 17.2. The number of aryl methyl sites for hydroxylation is 1. The fraction of sp³-hybridized carbons (Fsp3) is 0.667. The minimum atomic E-state index is 0.672. The molecule has 0 amide bonds. The predicted octanol–water partition coefficient (Wildman–Crippen LogP) is 4.61. The van der Waals surface area contributed by atoms with E-state index in [9.17, 15) is 0 Å². The molecule has 1 fully saturated rings. The molecule has 21 heavy (non-hydrogen) atoms. The molecular formula is C18H29NS2. The largest absolute Gasteiger partial charge is 0.313 e. The van der Waals surface area contributed by atoms with Gasteiger partial charge < -0.3 is 5.32 Å². The van der Waals surface area contributed by atoms with Gasteiger partial charge in [0, 0.05) is 27.5 Å². The highest BCUT2D eigenvalue weighted by atomic mass is 32.2. The van der Waals surface area contributed by atoms with Crippen molar-refractivity contribution in [3.8, 4) is 0 Å². The van der Waals surface area contributed by atoms with Gasteiger partial charge in [-0.25, -0.2) is 0 Å². The van der Waals surface area contributed by atoms with Crippen LogP contribution in [0.25, 0.3) is 0 Å². The second-order valence-corrected chi connectivity index (χ2v) is 8.99. The molecule has 1 nitrogen and oxygen atoms in total. The standard InChI is InChI=1S/C18H29NS2/c1-4-19-17(18-13-20-14(2)15(3)21-18)12-8-11-16-9-6-5-7-10-16/h5-7,9-10,14-15,17-19H,4,8,11-13H2,1-3H3. The summed E-state index contributed by atoms with van der Waals surface area (Å²) in [6, 6.07) is 11.6. The van der Waals surface area contributed by atoms with E-state index < -0.39 is 0 Å². The molecule has 1 N–H and O–H groups in total. The molecule has 1 aliphatic rings. The molecule has 1 saturated heterocycles. The van der Waals surface area contributed by atoms with Crippen LogP contribution < -0.4 is 5.32 Å². The van der Waals surface area contributed by atoms with Gasteiger partial charge in [-0.15, -0.1) is 0 Å². The van der Waals surface area contributed by atoms with E-state index in [1.165, 1.54) is 30.6 Å². The lowest BCUT2D eigenvalue weighted by molar-refractivity contribution is 0.476. The number of hydrogen-bond acceptors (Lipinski definition) is 3. The van der Waals surface area contributed by atoms with Crippen molar-refractivity contribution in [3.63, 3.8) is 0 Å². The maximum absolute atomic E-state index is 3.74. The van der Waals surface area contributed by atoms with Crippen LogP contribution in [0.15, 0.2) is 30.3 Å². The van der Waals surface area contributed by atoms with Gasteiger partial charge in [-0.3, -0.25) is 0 Å². The Bertz CT molecular complexity index is 395. The normalized spacial score (nSPS) is 27.5. The third-order valence-electron chi connectivity index (χ3n) is 4.31. The summed E-state index contributed by atoms with van der Waals surface area (Å²) in [7, 11) is 0. The Labute approximate surface area is 139 Å². The molecule has 0 radical (unpaired) electrons. The maximum Gasteiger partial charge on any atom is 0.0294 e. The van der Waals surface area contributed by atoms with Crippen molar-refractivity contribution >= 4 is 23.5 Å². The van der Waals surface area contributed by atoms with E-state index in [1.54, 1.807) is 0 Å². The molecule has 4 atom stereocenters. The Morgan fingerprint density at radius 3 is 2.62 bits per heavy atom. The van der Waals surface area contributed by atoms with Gasteiger partial charge in [0.2, 0.25) is 0 Å². The molecule has 3 heteroatoms. The highest BCUT2D eigenvalue weighted by Crippen LogP contribution is 2.37. The molecule has 1 aromatic carbocycles. The zero-order valence-electron chi connectivity index (χ0n) is 13.5. The number of benzene rings is 1. The van der Waals surface area contributed by atoms with E-state index >= 15 is 0 Å². The highest BCUT2D eigenvalue weighted by Gasteiger charge is 2.30. The molecule has 1 heterocycles. The van der Waals surface area contributed by atoms with Crippen LogP contribution >= 0.6 is 23.5 Å². The van der Waals surface area contributed by atoms with Crippen LogP contribution in [-0.4, -0.2) is 34.1 Å². The molecule has 0 spiro atoms. The molecule has 0 aromatic heterocycles. The lowest BCUT2D eigenvalue weighted by Crippen LogP contribution is -2.43. The molecule has 1 aromatic rings. The summed E-state index contributed by atoms with van der Waals surface area (Å²) in [6.45, 7) is 8.08. The molecule has 2 rings (SSSR count). The maximum atomic E-state index is 3.74. The van der Waals surface area contributed by atoms with E-state index in [-0.39, 0.29) is 0 Å². The zero-order valence-corrected chi connectivity index (χ0v) is 15.2. The molecule has 4 unspecified atom stereocenters. The Morgan fingerprint density at radius 1 is 1.19 bits per heavy atom. The van der Waals surface area contributed by atoms with E-state index in [0.717, 1.165) is 22.3 Å². The average Bonchev–Trinajstić information content (AvgIpc) is 2.50. The minimum absolute atomic E-state index is 0.672. The first-order valence-corrected chi connectivity index (χ1v) is 10.2. The van der Waals surface area contributed by atoms with Crippen molar-refractivity contribution < 1.29 is 0 Å². The van der Waals surface area contributed by atoms with E-state index in [4.69, 9.17) is 0 Å². The van der Waals surface area contributed by atoms with Crippen LogP contribution in [0.3, 0.4) is 0 Å². The SMILES string of the molecule is CCNC(CCCc1ccccc1)C1CSC(C)C(C)S1. The number of nitrogens with one attached hydrogen (secondary N) is 1. The second-order valence-electron chi connectivity index (χ2n) is 5.96.